The minimum Gasteiger partial charge on any atom is -0.342 e. The van der Waals surface area contributed by atoms with Gasteiger partial charge in [0.25, 0.3) is 0 Å². The summed E-state index contributed by atoms with van der Waals surface area (Å²) in [5, 5.41) is 11.3. The first-order valence-corrected chi connectivity index (χ1v) is 10.3. The number of piperidine rings is 2. The summed E-state index contributed by atoms with van der Waals surface area (Å²) in [6.07, 6.45) is 1.99. The van der Waals surface area contributed by atoms with E-state index >= 15 is 0 Å². The molecule has 3 rings (SSSR count). The number of hydroxylamine groups is 2. The van der Waals surface area contributed by atoms with Crippen LogP contribution in [0.5, 0.6) is 0 Å². The summed E-state index contributed by atoms with van der Waals surface area (Å²) >= 11 is 0. The second-order valence-corrected chi connectivity index (χ2v) is 8.22. The molecule has 1 unspecified atom stereocenters. The van der Waals surface area contributed by atoms with E-state index in [9.17, 15) is 22.8 Å². The monoisotopic (exact) mass is 417 g/mol. The molecule has 156 valence electrons. The van der Waals surface area contributed by atoms with Gasteiger partial charge in [-0.15, -0.1) is 4.28 Å². The third kappa shape index (κ3) is 4.25. The highest BCUT2D eigenvalue weighted by Crippen LogP contribution is 2.31. The maximum Gasteiger partial charge on any atom is 0.418 e. The van der Waals surface area contributed by atoms with Gasteiger partial charge in [-0.2, -0.15) is 13.5 Å². The molecule has 0 spiro atoms. The van der Waals surface area contributed by atoms with Crippen molar-refractivity contribution in [3.63, 3.8) is 0 Å². The number of fused-ring (bicyclic) bond motifs is 2. The standard InChI is InChI=1S/C15H23N5O7S/c1-9(21)18-6-2-3-10(7-18)14(22)17-13(16)12-5-4-11-8-19(12)15(23)20(11)27-28(24,25)26/h10-12H,2-8H2,1H3,(H2,16,17,22)(H,24,25,26)/t10?,11-,12+/m1/s1. The van der Waals surface area contributed by atoms with Crippen LogP contribution in [0.25, 0.3) is 0 Å². The van der Waals surface area contributed by atoms with E-state index in [2.05, 4.69) is 9.60 Å². The molecule has 3 N–H and O–H groups in total. The molecule has 0 aromatic carbocycles. The third-order valence-corrected chi connectivity index (χ3v) is 5.67. The zero-order chi connectivity index (χ0) is 20.6. The van der Waals surface area contributed by atoms with E-state index in [1.165, 1.54) is 11.8 Å². The smallest absolute Gasteiger partial charge is 0.342 e. The molecule has 0 radical (unpaired) electrons. The first kappa shape index (κ1) is 20.5. The van der Waals surface area contributed by atoms with Gasteiger partial charge in [0.15, 0.2) is 0 Å². The molecule has 0 aliphatic carbocycles. The van der Waals surface area contributed by atoms with Gasteiger partial charge in [-0.05, 0) is 25.7 Å². The lowest BCUT2D eigenvalue weighted by Gasteiger charge is -2.33. The summed E-state index contributed by atoms with van der Waals surface area (Å²) in [5.74, 6) is -1.07. The minimum absolute atomic E-state index is 0.104. The van der Waals surface area contributed by atoms with Crippen molar-refractivity contribution >= 4 is 34.1 Å². The summed E-state index contributed by atoms with van der Waals surface area (Å²) in [6, 6.07) is -2.07. The Bertz CT molecular complexity index is 801. The molecule has 0 aromatic rings. The molecule has 0 aromatic heterocycles. The fourth-order valence-electron chi connectivity index (χ4n) is 3.93. The maximum atomic E-state index is 12.5. The van der Waals surface area contributed by atoms with Gasteiger partial charge in [0, 0.05) is 26.6 Å². The Morgan fingerprint density at radius 2 is 1.96 bits per heavy atom. The first-order chi connectivity index (χ1) is 13.1. The van der Waals surface area contributed by atoms with Crippen molar-refractivity contribution in [2.24, 2.45) is 5.92 Å². The highest BCUT2D eigenvalue weighted by atomic mass is 32.3. The predicted molar refractivity (Wildman–Crippen MR) is 94.2 cm³/mol. The van der Waals surface area contributed by atoms with Gasteiger partial charge in [-0.1, -0.05) is 0 Å². The van der Waals surface area contributed by atoms with Gasteiger partial charge in [0.1, 0.15) is 5.84 Å². The Labute approximate surface area is 162 Å². The minimum atomic E-state index is -4.84. The summed E-state index contributed by atoms with van der Waals surface area (Å²) in [6.45, 7) is 2.46. The number of amidine groups is 1. The van der Waals surface area contributed by atoms with Gasteiger partial charge in [-0.3, -0.25) is 19.6 Å². The molecule has 28 heavy (non-hydrogen) atoms. The number of rotatable bonds is 4. The Kier molecular flexibility index (Phi) is 5.59. The quantitative estimate of drug-likeness (QED) is 0.311. The number of urea groups is 1. The van der Waals surface area contributed by atoms with E-state index in [4.69, 9.17) is 9.96 Å². The Morgan fingerprint density at radius 1 is 1.25 bits per heavy atom. The molecule has 3 atom stereocenters. The van der Waals surface area contributed by atoms with Crippen LogP contribution in [0.1, 0.15) is 32.6 Å². The highest BCUT2D eigenvalue weighted by molar-refractivity contribution is 7.80. The second-order valence-electron chi connectivity index (χ2n) is 7.22. The lowest BCUT2D eigenvalue weighted by Crippen LogP contribution is -2.53. The molecule has 3 saturated heterocycles. The van der Waals surface area contributed by atoms with Crippen molar-refractivity contribution in [1.29, 1.82) is 5.41 Å². The molecule has 0 saturated carbocycles. The number of carbonyl (C=O) groups excluding carboxylic acids is 3. The number of carbonyl (C=O) groups is 3. The van der Waals surface area contributed by atoms with Crippen LogP contribution in [0.15, 0.2) is 0 Å². The molecule has 3 aliphatic heterocycles. The zero-order valence-electron chi connectivity index (χ0n) is 15.3. The summed E-state index contributed by atoms with van der Waals surface area (Å²) in [5.41, 5.74) is 0. The van der Waals surface area contributed by atoms with Gasteiger partial charge < -0.3 is 15.1 Å². The van der Waals surface area contributed by atoms with Crippen LogP contribution in [0, 0.1) is 11.3 Å². The van der Waals surface area contributed by atoms with Crippen LogP contribution in [0.2, 0.25) is 0 Å². The molecule has 12 nitrogen and oxygen atoms in total. The lowest BCUT2D eigenvalue weighted by atomic mass is 9.96. The molecular weight excluding hydrogens is 394 g/mol. The van der Waals surface area contributed by atoms with Crippen LogP contribution >= 0.6 is 0 Å². The van der Waals surface area contributed by atoms with Gasteiger partial charge in [-0.25, -0.2) is 4.79 Å². The topological polar surface area (TPSA) is 160 Å². The first-order valence-electron chi connectivity index (χ1n) is 8.98. The van der Waals surface area contributed by atoms with Crippen molar-refractivity contribution in [2.45, 2.75) is 44.7 Å². The Hall–Kier alpha value is -2.25. The van der Waals surface area contributed by atoms with Crippen molar-refractivity contribution in [1.82, 2.24) is 20.2 Å². The van der Waals surface area contributed by atoms with E-state index in [1.54, 1.807) is 4.90 Å². The second kappa shape index (κ2) is 7.64. The molecular formula is C15H23N5O7S. The van der Waals surface area contributed by atoms with Crippen molar-refractivity contribution < 1.29 is 31.6 Å². The fraction of sp³-hybridized carbons (Fsp3) is 0.733. The fourth-order valence-corrected chi connectivity index (χ4v) is 4.32. The molecule has 4 amide bonds. The third-order valence-electron chi connectivity index (χ3n) is 5.33. The summed E-state index contributed by atoms with van der Waals surface area (Å²) in [7, 11) is -4.84. The number of amides is 4. The van der Waals surface area contributed by atoms with E-state index in [-0.39, 0.29) is 24.2 Å². The number of hydrogen-bond acceptors (Lipinski definition) is 7. The Morgan fingerprint density at radius 3 is 2.61 bits per heavy atom. The summed E-state index contributed by atoms with van der Waals surface area (Å²) < 4.78 is 35.0. The lowest BCUT2D eigenvalue weighted by molar-refractivity contribution is -0.133. The Balaban J connectivity index is 1.62. The van der Waals surface area contributed by atoms with Gasteiger partial charge in [0.05, 0.1) is 18.0 Å². The van der Waals surface area contributed by atoms with Crippen LogP contribution in [0.3, 0.4) is 0 Å². The molecule has 3 heterocycles. The maximum absolute atomic E-state index is 12.5. The number of nitrogens with zero attached hydrogens (tertiary/aromatic N) is 3. The molecule has 2 bridgehead atoms. The molecule has 13 heteroatoms. The van der Waals surface area contributed by atoms with E-state index in [1.807, 2.05) is 0 Å². The average Bonchev–Trinajstić information content (AvgIpc) is 2.85. The van der Waals surface area contributed by atoms with Crippen molar-refractivity contribution in [3.8, 4) is 0 Å². The molecule has 3 aliphatic rings. The zero-order valence-corrected chi connectivity index (χ0v) is 16.1. The van der Waals surface area contributed by atoms with Gasteiger partial charge >= 0.3 is 16.4 Å². The predicted octanol–water partition coefficient (Wildman–Crippen LogP) is -0.659. The average molecular weight is 417 g/mol. The van der Waals surface area contributed by atoms with Crippen LogP contribution < -0.4 is 5.32 Å². The largest absolute Gasteiger partial charge is 0.418 e. The highest BCUT2D eigenvalue weighted by Gasteiger charge is 2.48. The van der Waals surface area contributed by atoms with Crippen molar-refractivity contribution in [2.75, 3.05) is 19.6 Å². The number of nitrogens with one attached hydrogen (secondary N) is 2. The number of likely N-dealkylation sites (tertiary alicyclic amines) is 1. The van der Waals surface area contributed by atoms with Crippen LogP contribution in [0.4, 0.5) is 4.79 Å². The van der Waals surface area contributed by atoms with Crippen molar-refractivity contribution in [3.05, 3.63) is 0 Å². The molecule has 3 fully saturated rings. The van der Waals surface area contributed by atoms with Crippen LogP contribution in [-0.2, 0) is 24.3 Å². The van der Waals surface area contributed by atoms with Gasteiger partial charge in [0.2, 0.25) is 11.8 Å². The SMILES string of the molecule is CC(=O)N1CCCC(C(=O)NC(=N)[C@@H]2CC[C@@H]3CN2C(=O)N3OS(=O)(=O)O)C1. The van der Waals surface area contributed by atoms with E-state index in [0.29, 0.717) is 43.8 Å². The summed E-state index contributed by atoms with van der Waals surface area (Å²) in [4.78, 5) is 39.3. The normalized spacial score (nSPS) is 27.7. The van der Waals surface area contributed by atoms with E-state index in [0.717, 1.165) is 0 Å². The van der Waals surface area contributed by atoms with Crippen LogP contribution in [-0.4, -0.2) is 83.2 Å². The number of hydrogen-bond donors (Lipinski definition) is 3. The van der Waals surface area contributed by atoms with E-state index < -0.39 is 34.4 Å².